The molecule has 1 heterocycles. The van der Waals surface area contributed by atoms with Gasteiger partial charge in [-0.25, -0.2) is 12.8 Å². The molecule has 0 saturated carbocycles. The Balaban J connectivity index is 2.32. The summed E-state index contributed by atoms with van der Waals surface area (Å²) in [4.78, 5) is 10.9. The average molecular weight is 366 g/mol. The second-order valence-corrected chi connectivity index (χ2v) is 7.38. The lowest BCUT2D eigenvalue weighted by molar-refractivity contribution is -0.142. The molecule has 0 amide bonds. The number of nitrogens with zero attached hydrogens (tertiary/aromatic N) is 1. The Morgan fingerprint density at radius 3 is 2.75 bits per heavy atom. The van der Waals surface area contributed by atoms with Crippen molar-refractivity contribution < 1.29 is 22.7 Å². The Bertz CT molecular complexity index is 634. The van der Waals surface area contributed by atoms with Gasteiger partial charge in [-0.1, -0.05) is 0 Å². The van der Waals surface area contributed by atoms with Crippen LogP contribution >= 0.6 is 15.9 Å². The van der Waals surface area contributed by atoms with Gasteiger partial charge in [0.25, 0.3) is 0 Å². The van der Waals surface area contributed by atoms with Crippen molar-refractivity contribution >= 4 is 31.9 Å². The molecule has 1 aliphatic heterocycles. The molecular weight excluding hydrogens is 353 g/mol. The summed E-state index contributed by atoms with van der Waals surface area (Å²) in [6, 6.07) is 3.32. The SMILES string of the molecule is O=C(O)C1CCCN(S(=O)(=O)c2ccc(F)cc2Br)C1. The van der Waals surface area contributed by atoms with E-state index in [-0.39, 0.29) is 22.5 Å². The van der Waals surface area contributed by atoms with Crippen LogP contribution in [0.4, 0.5) is 4.39 Å². The van der Waals surface area contributed by atoms with Crippen molar-refractivity contribution in [3.05, 3.63) is 28.5 Å². The predicted octanol–water partition coefficient (Wildman–Crippen LogP) is 2.07. The maximum absolute atomic E-state index is 13.0. The van der Waals surface area contributed by atoms with Crippen LogP contribution in [0.5, 0.6) is 0 Å². The molecule has 110 valence electrons. The lowest BCUT2D eigenvalue weighted by Crippen LogP contribution is -2.42. The molecule has 1 aromatic rings. The largest absolute Gasteiger partial charge is 0.481 e. The Morgan fingerprint density at radius 2 is 2.15 bits per heavy atom. The highest BCUT2D eigenvalue weighted by atomic mass is 79.9. The van der Waals surface area contributed by atoms with E-state index in [0.29, 0.717) is 12.8 Å². The van der Waals surface area contributed by atoms with Crippen LogP contribution in [0.2, 0.25) is 0 Å². The number of piperidine rings is 1. The number of sulfonamides is 1. The van der Waals surface area contributed by atoms with Gasteiger partial charge in [0.05, 0.1) is 10.8 Å². The summed E-state index contributed by atoms with van der Waals surface area (Å²) < 4.78 is 39.2. The molecule has 1 N–H and O–H groups in total. The van der Waals surface area contributed by atoms with Crippen molar-refractivity contribution in [1.29, 1.82) is 0 Å². The zero-order valence-electron chi connectivity index (χ0n) is 10.4. The zero-order chi connectivity index (χ0) is 14.9. The number of benzene rings is 1. The first kappa shape index (κ1) is 15.4. The molecule has 0 aromatic heterocycles. The first-order valence-electron chi connectivity index (χ1n) is 6.00. The van der Waals surface area contributed by atoms with E-state index in [1.165, 1.54) is 6.07 Å². The third-order valence-electron chi connectivity index (χ3n) is 3.25. The van der Waals surface area contributed by atoms with Gasteiger partial charge in [-0.15, -0.1) is 0 Å². The number of carbonyl (C=O) groups is 1. The van der Waals surface area contributed by atoms with Gasteiger partial charge >= 0.3 is 5.97 Å². The van der Waals surface area contributed by atoms with Crippen LogP contribution in [-0.2, 0) is 14.8 Å². The molecule has 0 aliphatic carbocycles. The van der Waals surface area contributed by atoms with Crippen molar-refractivity contribution in [2.24, 2.45) is 5.92 Å². The molecule has 0 radical (unpaired) electrons. The number of hydrogen-bond acceptors (Lipinski definition) is 3. The van der Waals surface area contributed by atoms with Crippen LogP contribution in [-0.4, -0.2) is 36.9 Å². The molecule has 2 rings (SSSR count). The third-order valence-corrected chi connectivity index (χ3v) is 6.09. The highest BCUT2D eigenvalue weighted by Gasteiger charge is 2.34. The summed E-state index contributed by atoms with van der Waals surface area (Å²) in [5.74, 6) is -2.24. The van der Waals surface area contributed by atoms with Gasteiger partial charge in [-0.2, -0.15) is 4.31 Å². The van der Waals surface area contributed by atoms with E-state index in [2.05, 4.69) is 15.9 Å². The normalized spacial score (nSPS) is 20.8. The monoisotopic (exact) mass is 365 g/mol. The van der Waals surface area contributed by atoms with Crippen LogP contribution in [0.3, 0.4) is 0 Å². The molecule has 1 fully saturated rings. The molecule has 0 spiro atoms. The lowest BCUT2D eigenvalue weighted by Gasteiger charge is -2.30. The molecule has 1 aromatic carbocycles. The number of rotatable bonds is 3. The van der Waals surface area contributed by atoms with Gasteiger partial charge in [-0.3, -0.25) is 4.79 Å². The Morgan fingerprint density at radius 1 is 1.45 bits per heavy atom. The summed E-state index contributed by atoms with van der Waals surface area (Å²) >= 11 is 3.03. The summed E-state index contributed by atoms with van der Waals surface area (Å²) in [7, 11) is -3.82. The van der Waals surface area contributed by atoms with Crippen molar-refractivity contribution in [3.63, 3.8) is 0 Å². The minimum absolute atomic E-state index is 0.0510. The molecular formula is C12H13BrFNO4S. The fourth-order valence-corrected chi connectivity index (χ4v) is 4.72. The van der Waals surface area contributed by atoms with Crippen LogP contribution in [0.15, 0.2) is 27.6 Å². The molecule has 1 atom stereocenters. The summed E-state index contributed by atoms with van der Waals surface area (Å²) in [6.07, 6.45) is 0.959. The Labute approximate surface area is 124 Å². The van der Waals surface area contributed by atoms with E-state index in [1.54, 1.807) is 0 Å². The first-order valence-corrected chi connectivity index (χ1v) is 8.23. The van der Waals surface area contributed by atoms with Crippen molar-refractivity contribution in [1.82, 2.24) is 4.31 Å². The van der Waals surface area contributed by atoms with E-state index in [0.717, 1.165) is 16.4 Å². The molecule has 1 saturated heterocycles. The van der Waals surface area contributed by atoms with Crippen LogP contribution in [0.25, 0.3) is 0 Å². The fraction of sp³-hybridized carbons (Fsp3) is 0.417. The van der Waals surface area contributed by atoms with Crippen LogP contribution in [0.1, 0.15) is 12.8 Å². The van der Waals surface area contributed by atoms with Gasteiger partial charge in [-0.05, 0) is 47.0 Å². The maximum Gasteiger partial charge on any atom is 0.307 e. The molecule has 1 aliphatic rings. The zero-order valence-corrected chi connectivity index (χ0v) is 12.8. The van der Waals surface area contributed by atoms with Crippen molar-refractivity contribution in [2.75, 3.05) is 13.1 Å². The van der Waals surface area contributed by atoms with Crippen LogP contribution < -0.4 is 0 Å². The Kier molecular flexibility index (Phi) is 4.46. The minimum Gasteiger partial charge on any atom is -0.481 e. The number of aliphatic carboxylic acids is 1. The average Bonchev–Trinajstić information content (AvgIpc) is 2.38. The van der Waals surface area contributed by atoms with E-state index < -0.39 is 27.7 Å². The summed E-state index contributed by atoms with van der Waals surface area (Å²) in [6.45, 7) is 0.220. The minimum atomic E-state index is -3.82. The summed E-state index contributed by atoms with van der Waals surface area (Å²) in [5, 5.41) is 9.00. The van der Waals surface area contributed by atoms with Crippen molar-refractivity contribution in [3.8, 4) is 0 Å². The van der Waals surface area contributed by atoms with Gasteiger partial charge in [0.15, 0.2) is 0 Å². The number of halogens is 2. The molecule has 0 bridgehead atoms. The molecule has 20 heavy (non-hydrogen) atoms. The highest BCUT2D eigenvalue weighted by molar-refractivity contribution is 9.10. The molecule has 1 unspecified atom stereocenters. The maximum atomic E-state index is 13.0. The van der Waals surface area contributed by atoms with Gasteiger partial charge in [0, 0.05) is 17.6 Å². The topological polar surface area (TPSA) is 74.7 Å². The predicted molar refractivity (Wildman–Crippen MR) is 73.2 cm³/mol. The van der Waals surface area contributed by atoms with E-state index in [9.17, 15) is 17.6 Å². The third kappa shape index (κ3) is 3.02. The number of carboxylic acids is 1. The molecule has 5 nitrogen and oxygen atoms in total. The smallest absolute Gasteiger partial charge is 0.307 e. The fourth-order valence-electron chi connectivity index (χ4n) is 2.19. The number of hydrogen-bond donors (Lipinski definition) is 1. The van der Waals surface area contributed by atoms with E-state index in [4.69, 9.17) is 5.11 Å². The van der Waals surface area contributed by atoms with Gasteiger partial charge < -0.3 is 5.11 Å². The number of carboxylic acid groups (broad SMARTS) is 1. The second-order valence-electron chi connectivity index (χ2n) is 4.62. The van der Waals surface area contributed by atoms with E-state index >= 15 is 0 Å². The van der Waals surface area contributed by atoms with Crippen molar-refractivity contribution in [2.45, 2.75) is 17.7 Å². The van der Waals surface area contributed by atoms with Crippen LogP contribution in [0, 0.1) is 11.7 Å². The van der Waals surface area contributed by atoms with Gasteiger partial charge in [0.1, 0.15) is 5.82 Å². The quantitative estimate of drug-likeness (QED) is 0.889. The van der Waals surface area contributed by atoms with Gasteiger partial charge in [0.2, 0.25) is 10.0 Å². The Hall–Kier alpha value is -0.990. The highest BCUT2D eigenvalue weighted by Crippen LogP contribution is 2.29. The lowest BCUT2D eigenvalue weighted by atomic mass is 10.0. The standard InChI is InChI=1S/C12H13BrFNO4S/c13-10-6-9(14)3-4-11(10)20(18,19)15-5-1-2-8(7-15)12(16)17/h3-4,6,8H,1-2,5,7H2,(H,16,17). The van der Waals surface area contributed by atoms with E-state index in [1.807, 2.05) is 0 Å². The first-order chi connectivity index (χ1) is 9.32. The molecule has 8 heteroatoms. The second kappa shape index (κ2) is 5.79. The summed E-state index contributed by atoms with van der Waals surface area (Å²) in [5.41, 5.74) is 0.